The number of ether oxygens (including phenoxy) is 1. The molecule has 1 fully saturated rings. The quantitative estimate of drug-likeness (QED) is 0.820. The molecule has 0 amide bonds. The van der Waals surface area contributed by atoms with Gasteiger partial charge in [-0.25, -0.2) is 4.98 Å². The Kier molecular flexibility index (Phi) is 4.23. The maximum absolute atomic E-state index is 5.19. The van der Waals surface area contributed by atoms with Crippen LogP contribution in [-0.2, 0) is 0 Å². The lowest BCUT2D eigenvalue weighted by atomic mass is 9.92. The Labute approximate surface area is 110 Å². The first kappa shape index (κ1) is 13.3. The summed E-state index contributed by atoms with van der Waals surface area (Å²) in [6, 6.07) is 3.16. The molecular weight excluding hydrogens is 224 g/mol. The SMILES string of the molecule is COc1cc(C)c(C2CCCCN2C(C)C)cn1. The molecule has 0 bridgehead atoms. The molecule has 1 saturated heterocycles. The van der Waals surface area contributed by atoms with Crippen molar-refractivity contribution in [3.63, 3.8) is 0 Å². The molecule has 1 unspecified atom stereocenters. The summed E-state index contributed by atoms with van der Waals surface area (Å²) in [6.07, 6.45) is 5.88. The molecule has 0 radical (unpaired) electrons. The zero-order valence-corrected chi connectivity index (χ0v) is 11.9. The first-order valence-electron chi connectivity index (χ1n) is 6.89. The van der Waals surface area contributed by atoms with Gasteiger partial charge in [0.15, 0.2) is 0 Å². The molecule has 2 heterocycles. The smallest absolute Gasteiger partial charge is 0.213 e. The lowest BCUT2D eigenvalue weighted by molar-refractivity contribution is 0.111. The van der Waals surface area contributed by atoms with Crippen LogP contribution in [0, 0.1) is 6.92 Å². The summed E-state index contributed by atoms with van der Waals surface area (Å²) >= 11 is 0. The van der Waals surface area contributed by atoms with Crippen LogP contribution in [0.4, 0.5) is 0 Å². The van der Waals surface area contributed by atoms with Crippen LogP contribution in [0.5, 0.6) is 5.88 Å². The number of piperidine rings is 1. The first-order valence-corrected chi connectivity index (χ1v) is 6.89. The highest BCUT2D eigenvalue weighted by Crippen LogP contribution is 2.34. The molecule has 18 heavy (non-hydrogen) atoms. The fourth-order valence-electron chi connectivity index (χ4n) is 2.91. The molecule has 1 aliphatic rings. The number of aromatic nitrogens is 1. The Hall–Kier alpha value is -1.09. The van der Waals surface area contributed by atoms with Crippen LogP contribution >= 0.6 is 0 Å². The van der Waals surface area contributed by atoms with Crippen molar-refractivity contribution in [2.24, 2.45) is 0 Å². The van der Waals surface area contributed by atoms with Crippen LogP contribution in [0.15, 0.2) is 12.3 Å². The molecule has 1 aliphatic heterocycles. The number of nitrogens with zero attached hydrogens (tertiary/aromatic N) is 2. The van der Waals surface area contributed by atoms with Gasteiger partial charge in [0.2, 0.25) is 5.88 Å². The van der Waals surface area contributed by atoms with E-state index >= 15 is 0 Å². The van der Waals surface area contributed by atoms with Crippen molar-refractivity contribution >= 4 is 0 Å². The molecule has 0 saturated carbocycles. The molecule has 0 aliphatic carbocycles. The summed E-state index contributed by atoms with van der Waals surface area (Å²) in [5.41, 5.74) is 2.66. The lowest BCUT2D eigenvalue weighted by Gasteiger charge is -2.39. The average molecular weight is 248 g/mol. The Morgan fingerprint density at radius 2 is 2.17 bits per heavy atom. The van der Waals surface area contributed by atoms with Gasteiger partial charge in [-0.15, -0.1) is 0 Å². The van der Waals surface area contributed by atoms with Crippen molar-refractivity contribution in [3.05, 3.63) is 23.4 Å². The van der Waals surface area contributed by atoms with E-state index < -0.39 is 0 Å². The summed E-state index contributed by atoms with van der Waals surface area (Å²) in [5, 5.41) is 0. The molecule has 100 valence electrons. The standard InChI is InChI=1S/C15H24N2O/c1-11(2)17-8-6-5-7-14(17)13-10-16-15(18-4)9-12(13)3/h9-11,14H,5-8H2,1-4H3. The molecule has 0 N–H and O–H groups in total. The minimum absolute atomic E-state index is 0.525. The topological polar surface area (TPSA) is 25.4 Å². The number of pyridine rings is 1. The van der Waals surface area contributed by atoms with Crippen molar-refractivity contribution in [2.45, 2.75) is 52.1 Å². The number of hydrogen-bond donors (Lipinski definition) is 0. The van der Waals surface area contributed by atoms with Gasteiger partial charge in [-0.1, -0.05) is 6.42 Å². The van der Waals surface area contributed by atoms with E-state index in [1.807, 2.05) is 12.3 Å². The van der Waals surface area contributed by atoms with Crippen LogP contribution in [-0.4, -0.2) is 29.6 Å². The van der Waals surface area contributed by atoms with Gasteiger partial charge in [-0.2, -0.15) is 0 Å². The molecule has 1 atom stereocenters. The zero-order valence-electron chi connectivity index (χ0n) is 11.9. The van der Waals surface area contributed by atoms with E-state index in [4.69, 9.17) is 4.74 Å². The second-order valence-electron chi connectivity index (χ2n) is 5.43. The summed E-state index contributed by atoms with van der Waals surface area (Å²) in [7, 11) is 1.67. The Morgan fingerprint density at radius 1 is 1.39 bits per heavy atom. The summed E-state index contributed by atoms with van der Waals surface area (Å²) in [4.78, 5) is 6.98. The average Bonchev–Trinajstić information content (AvgIpc) is 2.38. The second kappa shape index (κ2) is 5.70. The Balaban J connectivity index is 2.28. The van der Waals surface area contributed by atoms with E-state index in [9.17, 15) is 0 Å². The molecule has 3 nitrogen and oxygen atoms in total. The zero-order chi connectivity index (χ0) is 13.1. The molecule has 1 aromatic heterocycles. The highest BCUT2D eigenvalue weighted by Gasteiger charge is 2.27. The maximum atomic E-state index is 5.19. The number of aryl methyl sites for hydroxylation is 1. The minimum atomic E-state index is 0.525. The summed E-state index contributed by atoms with van der Waals surface area (Å²) in [6.45, 7) is 7.93. The van der Waals surface area contributed by atoms with Gasteiger partial charge in [0.25, 0.3) is 0 Å². The number of likely N-dealkylation sites (tertiary alicyclic amines) is 1. The number of methoxy groups -OCH3 is 1. The molecule has 1 aromatic rings. The van der Waals surface area contributed by atoms with E-state index in [0.29, 0.717) is 18.0 Å². The third-order valence-corrected chi connectivity index (χ3v) is 3.90. The van der Waals surface area contributed by atoms with Crippen molar-refractivity contribution in [1.29, 1.82) is 0 Å². The van der Waals surface area contributed by atoms with Crippen LogP contribution in [0.25, 0.3) is 0 Å². The predicted octanol–water partition coefficient (Wildman–Crippen LogP) is 3.33. The van der Waals surface area contributed by atoms with Gasteiger partial charge in [-0.3, -0.25) is 4.90 Å². The molecule has 0 spiro atoms. The molecule has 3 heteroatoms. The van der Waals surface area contributed by atoms with Gasteiger partial charge in [0, 0.05) is 24.3 Å². The van der Waals surface area contributed by atoms with Crippen molar-refractivity contribution in [1.82, 2.24) is 9.88 Å². The summed E-state index contributed by atoms with van der Waals surface area (Å²) < 4.78 is 5.19. The largest absolute Gasteiger partial charge is 0.481 e. The molecule has 2 rings (SSSR count). The van der Waals surface area contributed by atoms with Gasteiger partial charge in [0.05, 0.1) is 7.11 Å². The van der Waals surface area contributed by atoms with Crippen molar-refractivity contribution < 1.29 is 4.74 Å². The van der Waals surface area contributed by atoms with Crippen molar-refractivity contribution in [3.8, 4) is 5.88 Å². The minimum Gasteiger partial charge on any atom is -0.481 e. The number of rotatable bonds is 3. The third kappa shape index (κ3) is 2.66. The van der Waals surface area contributed by atoms with E-state index in [0.717, 1.165) is 0 Å². The Morgan fingerprint density at radius 3 is 2.78 bits per heavy atom. The van der Waals surface area contributed by atoms with E-state index in [1.54, 1.807) is 7.11 Å². The highest BCUT2D eigenvalue weighted by molar-refractivity contribution is 5.31. The second-order valence-corrected chi connectivity index (χ2v) is 5.43. The fraction of sp³-hybridized carbons (Fsp3) is 0.667. The van der Waals surface area contributed by atoms with E-state index in [2.05, 4.69) is 30.7 Å². The van der Waals surface area contributed by atoms with Crippen LogP contribution in [0.2, 0.25) is 0 Å². The predicted molar refractivity (Wildman–Crippen MR) is 74.0 cm³/mol. The lowest BCUT2D eigenvalue weighted by Crippen LogP contribution is -2.38. The molecular formula is C15H24N2O. The van der Waals surface area contributed by atoms with Gasteiger partial charge in [0.1, 0.15) is 0 Å². The van der Waals surface area contributed by atoms with E-state index in [1.165, 1.54) is 36.9 Å². The fourth-order valence-corrected chi connectivity index (χ4v) is 2.91. The van der Waals surface area contributed by atoms with Gasteiger partial charge < -0.3 is 4.74 Å². The monoisotopic (exact) mass is 248 g/mol. The van der Waals surface area contributed by atoms with Crippen LogP contribution < -0.4 is 4.74 Å². The van der Waals surface area contributed by atoms with Gasteiger partial charge >= 0.3 is 0 Å². The normalized spacial score (nSPS) is 21.3. The van der Waals surface area contributed by atoms with Crippen LogP contribution in [0.1, 0.15) is 50.3 Å². The summed E-state index contributed by atoms with van der Waals surface area (Å²) in [5.74, 6) is 0.711. The van der Waals surface area contributed by atoms with Crippen LogP contribution in [0.3, 0.4) is 0 Å². The van der Waals surface area contributed by atoms with E-state index in [-0.39, 0.29) is 0 Å². The third-order valence-electron chi connectivity index (χ3n) is 3.90. The van der Waals surface area contributed by atoms with Crippen molar-refractivity contribution in [2.75, 3.05) is 13.7 Å². The molecule has 0 aromatic carbocycles. The Bertz CT molecular complexity index is 403. The highest BCUT2D eigenvalue weighted by atomic mass is 16.5. The first-order chi connectivity index (χ1) is 8.63. The maximum Gasteiger partial charge on any atom is 0.213 e. The van der Waals surface area contributed by atoms with Gasteiger partial charge in [-0.05, 0) is 51.3 Å². The number of hydrogen-bond acceptors (Lipinski definition) is 3.